The van der Waals surface area contributed by atoms with Crippen molar-refractivity contribution in [2.24, 2.45) is 23.7 Å². The number of thiazole rings is 1. The molecule has 2 saturated carbocycles. The molecule has 2 fully saturated rings. The van der Waals surface area contributed by atoms with E-state index in [1.54, 1.807) is 48.7 Å². The Balaban J connectivity index is 1.25. The number of hydrogen-bond acceptors (Lipinski definition) is 10. The number of aromatic nitrogens is 1. The molecule has 0 saturated heterocycles. The molecule has 3 heterocycles. The van der Waals surface area contributed by atoms with E-state index in [-0.39, 0.29) is 47.2 Å². The van der Waals surface area contributed by atoms with Gasteiger partial charge in [-0.15, -0.1) is 40.4 Å². The highest BCUT2D eigenvalue weighted by atomic mass is 32.1. The summed E-state index contributed by atoms with van der Waals surface area (Å²) < 4.78 is 12.6. The van der Waals surface area contributed by atoms with Gasteiger partial charge in [-0.3, -0.25) is 19.2 Å². The lowest BCUT2D eigenvalue weighted by Crippen LogP contribution is -2.28. The van der Waals surface area contributed by atoms with Crippen molar-refractivity contribution in [2.45, 2.75) is 65.2 Å². The summed E-state index contributed by atoms with van der Waals surface area (Å²) in [5.41, 5.74) is 0.447. The van der Waals surface area contributed by atoms with Gasteiger partial charge in [0.15, 0.2) is 11.5 Å². The van der Waals surface area contributed by atoms with Crippen LogP contribution in [0.1, 0.15) is 70.1 Å². The molecule has 6 rings (SSSR count). The standard InChI is InChI=1S/C41H33NO6S3/c1-4-5-6-7-8-9-10-31-19-22-34(49-31)35-23-24-36(50-35)39-42-37-32(47-40(45)29-15-11-27(12-16-29)25(2)43)20-21-33(38(37)51-39)48-41(46)30-17-13-28(14-18-30)26(3)44/h1,19-24,27-30H,11-18H2,2-3H3. The van der Waals surface area contributed by atoms with Crippen LogP contribution in [0, 0.1) is 71.5 Å². The summed E-state index contributed by atoms with van der Waals surface area (Å²) in [5.74, 6) is 18.0. The van der Waals surface area contributed by atoms with Crippen molar-refractivity contribution in [2.75, 3.05) is 0 Å². The highest BCUT2D eigenvalue weighted by Gasteiger charge is 2.32. The molecule has 10 heteroatoms. The number of Topliss-reactive ketones (excluding diaryl/α,β-unsaturated/α-hetero) is 2. The van der Waals surface area contributed by atoms with Gasteiger partial charge < -0.3 is 9.47 Å². The summed E-state index contributed by atoms with van der Waals surface area (Å²) >= 11 is 4.49. The van der Waals surface area contributed by atoms with Crippen molar-refractivity contribution in [3.63, 3.8) is 0 Å². The number of ether oxygens (including phenoxy) is 2. The smallest absolute Gasteiger partial charge is 0.314 e. The van der Waals surface area contributed by atoms with Gasteiger partial charge in [0, 0.05) is 21.6 Å². The average Bonchev–Trinajstić information content (AvgIpc) is 3.91. The molecule has 51 heavy (non-hydrogen) atoms. The van der Waals surface area contributed by atoms with Gasteiger partial charge in [0.1, 0.15) is 26.8 Å². The van der Waals surface area contributed by atoms with E-state index in [2.05, 4.69) is 41.4 Å². The third-order valence-electron chi connectivity index (χ3n) is 9.34. The van der Waals surface area contributed by atoms with Gasteiger partial charge in [0.25, 0.3) is 0 Å². The molecule has 0 atom stereocenters. The largest absolute Gasteiger partial charge is 0.425 e. The number of nitrogens with zero attached hydrogens (tertiary/aromatic N) is 1. The molecule has 0 aliphatic heterocycles. The SMILES string of the molecule is C#CC#CC#CC#Cc1ccc(-c2ccc(-c3nc4c(OC(=O)C5CCC(C(C)=O)CC5)ccc(OC(=O)C5CCC(C(C)=O)CC5)c4s3)s2)s1. The molecule has 0 unspecified atom stereocenters. The Labute approximate surface area is 309 Å². The van der Waals surface area contributed by atoms with Gasteiger partial charge in [-0.25, -0.2) is 4.98 Å². The zero-order chi connectivity index (χ0) is 35.9. The van der Waals surface area contributed by atoms with Gasteiger partial charge in [0.2, 0.25) is 0 Å². The number of terminal acetylenes is 1. The molecular weight excluding hydrogens is 699 g/mol. The maximum atomic E-state index is 13.3. The Morgan fingerprint density at radius 3 is 1.76 bits per heavy atom. The summed E-state index contributed by atoms with van der Waals surface area (Å²) in [6, 6.07) is 11.3. The predicted molar refractivity (Wildman–Crippen MR) is 201 cm³/mol. The number of fused-ring (bicyclic) bond motifs is 1. The molecule has 4 aromatic rings. The minimum atomic E-state index is -0.346. The van der Waals surface area contributed by atoms with Crippen molar-refractivity contribution in [3.8, 4) is 79.0 Å². The second kappa shape index (κ2) is 16.4. The molecule has 0 radical (unpaired) electrons. The first-order valence-electron chi connectivity index (χ1n) is 16.7. The van der Waals surface area contributed by atoms with Crippen LogP contribution in [0.25, 0.3) is 29.9 Å². The van der Waals surface area contributed by atoms with Crippen molar-refractivity contribution in [1.29, 1.82) is 0 Å². The highest BCUT2D eigenvalue weighted by Crippen LogP contribution is 2.45. The van der Waals surface area contributed by atoms with Crippen LogP contribution in [0.5, 0.6) is 11.5 Å². The number of carbonyl (C=O) groups is 4. The first-order chi connectivity index (χ1) is 24.7. The Kier molecular flexibility index (Phi) is 11.5. The van der Waals surface area contributed by atoms with Crippen molar-refractivity contribution >= 4 is 67.7 Å². The predicted octanol–water partition coefficient (Wildman–Crippen LogP) is 8.35. The maximum Gasteiger partial charge on any atom is 0.314 e. The molecule has 256 valence electrons. The summed E-state index contributed by atoms with van der Waals surface area (Å²) in [7, 11) is 0. The monoisotopic (exact) mass is 731 g/mol. The minimum absolute atomic E-state index is 0.000157. The quantitative estimate of drug-likeness (QED) is 0.102. The lowest BCUT2D eigenvalue weighted by Gasteiger charge is -2.25. The Morgan fingerprint density at radius 1 is 0.627 bits per heavy atom. The number of carbonyl (C=O) groups excluding carboxylic acids is 4. The topological polar surface area (TPSA) is 99.6 Å². The molecule has 1 aromatic carbocycles. The van der Waals surface area contributed by atoms with E-state index in [1.807, 2.05) is 24.3 Å². The average molecular weight is 732 g/mol. The first kappa shape index (κ1) is 35.8. The number of hydrogen-bond donors (Lipinski definition) is 0. The number of benzene rings is 1. The molecule has 3 aromatic heterocycles. The van der Waals surface area contributed by atoms with E-state index >= 15 is 0 Å². The first-order valence-corrected chi connectivity index (χ1v) is 19.2. The lowest BCUT2D eigenvalue weighted by molar-refractivity contribution is -0.141. The van der Waals surface area contributed by atoms with Crippen LogP contribution in [0.4, 0.5) is 0 Å². The molecule has 2 aliphatic carbocycles. The summed E-state index contributed by atoms with van der Waals surface area (Å²) in [6.07, 6.45) is 10.2. The van der Waals surface area contributed by atoms with Crippen LogP contribution >= 0.6 is 34.0 Å². The van der Waals surface area contributed by atoms with Crippen LogP contribution in [0.2, 0.25) is 0 Å². The molecule has 0 amide bonds. The van der Waals surface area contributed by atoms with Gasteiger partial charge in [0.05, 0.1) is 21.6 Å². The highest BCUT2D eigenvalue weighted by molar-refractivity contribution is 7.28. The number of thiophene rings is 2. The van der Waals surface area contributed by atoms with Crippen LogP contribution in [-0.4, -0.2) is 28.5 Å². The lowest BCUT2D eigenvalue weighted by atomic mass is 9.80. The van der Waals surface area contributed by atoms with E-state index in [0.717, 1.165) is 19.5 Å². The van der Waals surface area contributed by atoms with Crippen molar-refractivity contribution in [1.82, 2.24) is 4.98 Å². The van der Waals surface area contributed by atoms with E-state index in [9.17, 15) is 19.2 Å². The molecule has 0 bridgehead atoms. The maximum absolute atomic E-state index is 13.3. The number of rotatable bonds is 8. The van der Waals surface area contributed by atoms with Gasteiger partial charge in [-0.2, -0.15) is 0 Å². The Morgan fingerprint density at radius 2 is 1.14 bits per heavy atom. The zero-order valence-electron chi connectivity index (χ0n) is 28.1. The van der Waals surface area contributed by atoms with E-state index < -0.39 is 0 Å². The van der Waals surface area contributed by atoms with Crippen LogP contribution in [0.3, 0.4) is 0 Å². The van der Waals surface area contributed by atoms with E-state index in [0.29, 0.717) is 78.1 Å². The fourth-order valence-corrected chi connectivity index (χ4v) is 9.47. The normalized spacial score (nSPS) is 19.5. The zero-order valence-corrected chi connectivity index (χ0v) is 30.6. The Bertz CT molecular complexity index is 2150. The summed E-state index contributed by atoms with van der Waals surface area (Å²) in [5, 5.41) is 0.700. The van der Waals surface area contributed by atoms with Crippen LogP contribution < -0.4 is 9.47 Å². The number of ketones is 2. The number of esters is 2. The Hall–Kier alpha value is -4.97. The van der Waals surface area contributed by atoms with E-state index in [4.69, 9.17) is 20.9 Å². The summed E-state index contributed by atoms with van der Waals surface area (Å²) in [4.78, 5) is 59.1. The molecular formula is C41H33NO6S3. The molecule has 0 N–H and O–H groups in total. The molecule has 7 nitrogen and oxygen atoms in total. The minimum Gasteiger partial charge on any atom is -0.425 e. The van der Waals surface area contributed by atoms with Crippen LogP contribution in [0.15, 0.2) is 36.4 Å². The van der Waals surface area contributed by atoms with Gasteiger partial charge >= 0.3 is 11.9 Å². The third-order valence-corrected chi connectivity index (χ3v) is 12.9. The van der Waals surface area contributed by atoms with Crippen LogP contribution in [-0.2, 0) is 19.2 Å². The van der Waals surface area contributed by atoms with Crippen molar-refractivity contribution in [3.05, 3.63) is 41.3 Å². The second-order valence-electron chi connectivity index (χ2n) is 12.6. The fourth-order valence-electron chi connectivity index (χ4n) is 6.43. The summed E-state index contributed by atoms with van der Waals surface area (Å²) in [6.45, 7) is 3.21. The van der Waals surface area contributed by atoms with Gasteiger partial charge in [-0.05, 0) is 143 Å². The third kappa shape index (κ3) is 8.68. The van der Waals surface area contributed by atoms with Crippen molar-refractivity contribution < 1.29 is 28.7 Å². The fraction of sp³-hybridized carbons (Fsp3) is 0.341. The molecule has 2 aliphatic rings. The second-order valence-corrected chi connectivity index (χ2v) is 15.8. The van der Waals surface area contributed by atoms with E-state index in [1.165, 1.54) is 11.3 Å². The molecule has 0 spiro atoms. The van der Waals surface area contributed by atoms with Gasteiger partial charge in [-0.1, -0.05) is 0 Å².